The molecule has 0 saturated heterocycles. The Bertz CT molecular complexity index is 608. The zero-order valence-electron chi connectivity index (χ0n) is 8.24. The molecule has 0 saturated carbocycles. The van der Waals surface area contributed by atoms with Gasteiger partial charge in [-0.15, -0.1) is 11.3 Å². The van der Waals surface area contributed by atoms with Crippen molar-refractivity contribution in [1.29, 1.82) is 0 Å². The number of rotatable bonds is 2. The minimum absolute atomic E-state index is 0.229. The highest BCUT2D eigenvalue weighted by Crippen LogP contribution is 2.21. The maximum atomic E-state index is 11.7. The lowest BCUT2D eigenvalue weighted by atomic mass is 10.2. The van der Waals surface area contributed by atoms with Gasteiger partial charge in [0.1, 0.15) is 4.83 Å². The number of thiophene rings is 1. The second kappa shape index (κ2) is 3.79. The second-order valence-corrected chi connectivity index (χ2v) is 4.83. The molecule has 0 atom stereocenters. The predicted octanol–water partition coefficient (Wildman–Crippen LogP) is 1.79. The normalized spacial score (nSPS) is 11.0. The smallest absolute Gasteiger partial charge is 0.281 e. The van der Waals surface area contributed by atoms with E-state index in [-0.39, 0.29) is 10.3 Å². The molecule has 0 radical (unpaired) electrons. The molecule has 2 heterocycles. The minimum Gasteiger partial charge on any atom is -0.334 e. The molecule has 15 heavy (non-hydrogen) atoms. The van der Waals surface area contributed by atoms with Gasteiger partial charge in [-0.05, 0) is 24.7 Å². The minimum atomic E-state index is -0.229. The van der Waals surface area contributed by atoms with Crippen LogP contribution < -0.4 is 11.4 Å². The zero-order chi connectivity index (χ0) is 11.0. The third-order valence-electron chi connectivity index (χ3n) is 2.17. The van der Waals surface area contributed by atoms with E-state index in [1.165, 1.54) is 4.88 Å². The summed E-state index contributed by atoms with van der Waals surface area (Å²) >= 11 is 6.50. The fourth-order valence-electron chi connectivity index (χ4n) is 1.44. The molecule has 0 spiro atoms. The average molecular weight is 241 g/mol. The molecule has 0 aliphatic carbocycles. The number of aromatic amines is 1. The van der Waals surface area contributed by atoms with Crippen LogP contribution in [0.4, 0.5) is 0 Å². The number of nitrogen functional groups attached to an aromatic ring is 1. The number of nitrogens with zero attached hydrogens (tertiary/aromatic N) is 1. The summed E-state index contributed by atoms with van der Waals surface area (Å²) in [6, 6.07) is 1.89. The summed E-state index contributed by atoms with van der Waals surface area (Å²) in [5.74, 6) is 5.50. The van der Waals surface area contributed by atoms with Gasteiger partial charge in [-0.1, -0.05) is 13.3 Å². The van der Waals surface area contributed by atoms with Gasteiger partial charge in [0, 0.05) is 4.88 Å². The van der Waals surface area contributed by atoms with Gasteiger partial charge in [0.15, 0.2) is 4.77 Å². The number of aromatic nitrogens is 2. The Labute approximate surface area is 95.3 Å². The number of nitrogens with one attached hydrogen (secondary N) is 1. The van der Waals surface area contributed by atoms with E-state index >= 15 is 0 Å². The van der Waals surface area contributed by atoms with Crippen molar-refractivity contribution >= 4 is 33.8 Å². The van der Waals surface area contributed by atoms with Crippen LogP contribution in [0.2, 0.25) is 0 Å². The largest absolute Gasteiger partial charge is 0.334 e. The average Bonchev–Trinajstić information content (AvgIpc) is 2.58. The van der Waals surface area contributed by atoms with Crippen molar-refractivity contribution in [2.45, 2.75) is 19.8 Å². The van der Waals surface area contributed by atoms with Gasteiger partial charge in [-0.25, -0.2) is 0 Å². The Morgan fingerprint density at radius 2 is 2.40 bits per heavy atom. The van der Waals surface area contributed by atoms with Crippen LogP contribution in [0.3, 0.4) is 0 Å². The molecule has 80 valence electrons. The maximum absolute atomic E-state index is 11.7. The van der Waals surface area contributed by atoms with Crippen LogP contribution in [0.1, 0.15) is 18.2 Å². The predicted molar refractivity (Wildman–Crippen MR) is 65.4 cm³/mol. The summed E-state index contributed by atoms with van der Waals surface area (Å²) in [7, 11) is 0. The molecule has 2 rings (SSSR count). The van der Waals surface area contributed by atoms with Gasteiger partial charge in [0.2, 0.25) is 0 Å². The third-order valence-corrected chi connectivity index (χ3v) is 3.58. The van der Waals surface area contributed by atoms with Gasteiger partial charge in [-0.2, -0.15) is 4.68 Å². The second-order valence-electron chi connectivity index (χ2n) is 3.31. The Balaban J connectivity index is 2.77. The van der Waals surface area contributed by atoms with Crippen LogP contribution in [-0.2, 0) is 6.42 Å². The van der Waals surface area contributed by atoms with Crippen molar-refractivity contribution in [2.24, 2.45) is 0 Å². The Morgan fingerprint density at radius 3 is 3.07 bits per heavy atom. The molecule has 0 aliphatic heterocycles. The first-order valence-electron chi connectivity index (χ1n) is 4.66. The molecule has 0 fully saturated rings. The number of H-pyrrole nitrogens is 1. The van der Waals surface area contributed by atoms with E-state index in [1.54, 1.807) is 11.3 Å². The fourth-order valence-corrected chi connectivity index (χ4v) is 2.84. The van der Waals surface area contributed by atoms with Crippen LogP contribution in [0, 0.1) is 4.77 Å². The van der Waals surface area contributed by atoms with Crippen molar-refractivity contribution in [1.82, 2.24) is 9.66 Å². The quantitative estimate of drug-likeness (QED) is 0.622. The third kappa shape index (κ3) is 1.70. The highest BCUT2D eigenvalue weighted by Gasteiger charge is 2.07. The van der Waals surface area contributed by atoms with Crippen molar-refractivity contribution in [2.75, 3.05) is 5.84 Å². The Morgan fingerprint density at radius 1 is 1.67 bits per heavy atom. The van der Waals surface area contributed by atoms with Crippen molar-refractivity contribution in [3.8, 4) is 0 Å². The standard InChI is InChI=1S/C9H11N3OS2/c1-2-3-5-4-6-7(15-5)11-9(14)12(10)8(6)13/h4H,2-3,10H2,1H3,(H,11,14). The van der Waals surface area contributed by atoms with Gasteiger partial charge in [0.05, 0.1) is 5.39 Å². The monoisotopic (exact) mass is 241 g/mol. The number of hydrogen-bond acceptors (Lipinski definition) is 4. The van der Waals surface area contributed by atoms with E-state index in [9.17, 15) is 4.79 Å². The summed E-state index contributed by atoms with van der Waals surface area (Å²) in [6.45, 7) is 2.10. The van der Waals surface area contributed by atoms with Crippen LogP contribution in [0.15, 0.2) is 10.9 Å². The van der Waals surface area contributed by atoms with Gasteiger partial charge in [0.25, 0.3) is 5.56 Å². The van der Waals surface area contributed by atoms with E-state index < -0.39 is 0 Å². The number of aryl methyl sites for hydroxylation is 1. The van der Waals surface area contributed by atoms with E-state index in [1.807, 2.05) is 6.07 Å². The van der Waals surface area contributed by atoms with Gasteiger partial charge >= 0.3 is 0 Å². The molecular weight excluding hydrogens is 230 g/mol. The lowest BCUT2D eigenvalue weighted by Crippen LogP contribution is -2.28. The highest BCUT2D eigenvalue weighted by molar-refractivity contribution is 7.71. The van der Waals surface area contributed by atoms with E-state index in [2.05, 4.69) is 11.9 Å². The number of nitrogens with two attached hydrogens (primary N) is 1. The number of fused-ring (bicyclic) bond motifs is 1. The molecule has 0 unspecified atom stereocenters. The highest BCUT2D eigenvalue weighted by atomic mass is 32.1. The maximum Gasteiger partial charge on any atom is 0.281 e. The molecule has 6 heteroatoms. The molecule has 0 aromatic carbocycles. The molecule has 2 aromatic rings. The van der Waals surface area contributed by atoms with Crippen LogP contribution in [0.5, 0.6) is 0 Å². The summed E-state index contributed by atoms with van der Waals surface area (Å²) < 4.78 is 1.23. The summed E-state index contributed by atoms with van der Waals surface area (Å²) in [5, 5.41) is 0.625. The Hall–Kier alpha value is -1.14. The van der Waals surface area contributed by atoms with Gasteiger partial charge in [-0.3, -0.25) is 4.79 Å². The van der Waals surface area contributed by atoms with Crippen LogP contribution >= 0.6 is 23.6 Å². The zero-order valence-corrected chi connectivity index (χ0v) is 9.87. The van der Waals surface area contributed by atoms with E-state index in [4.69, 9.17) is 18.1 Å². The van der Waals surface area contributed by atoms with Crippen LogP contribution in [0.25, 0.3) is 10.2 Å². The van der Waals surface area contributed by atoms with Crippen molar-refractivity contribution in [3.05, 3.63) is 26.1 Å². The van der Waals surface area contributed by atoms with Crippen LogP contribution in [-0.4, -0.2) is 9.66 Å². The van der Waals surface area contributed by atoms with E-state index in [0.717, 1.165) is 22.3 Å². The summed E-state index contributed by atoms with van der Waals surface area (Å²) in [4.78, 5) is 16.7. The first-order chi connectivity index (χ1) is 7.13. The first kappa shape index (κ1) is 10.4. The fraction of sp³-hybridized carbons (Fsp3) is 0.333. The van der Waals surface area contributed by atoms with Crippen molar-refractivity contribution < 1.29 is 0 Å². The molecular formula is C9H11N3OS2. The first-order valence-corrected chi connectivity index (χ1v) is 5.88. The molecule has 4 nitrogen and oxygen atoms in total. The lowest BCUT2D eigenvalue weighted by Gasteiger charge is -1.96. The van der Waals surface area contributed by atoms with E-state index in [0.29, 0.717) is 5.39 Å². The molecule has 0 aliphatic rings. The molecule has 2 aromatic heterocycles. The van der Waals surface area contributed by atoms with Crippen molar-refractivity contribution in [3.63, 3.8) is 0 Å². The summed E-state index contributed by atoms with van der Waals surface area (Å²) in [6.07, 6.45) is 2.04. The molecule has 0 amide bonds. The molecule has 3 N–H and O–H groups in total. The number of hydrogen-bond donors (Lipinski definition) is 2. The summed E-state index contributed by atoms with van der Waals surface area (Å²) in [5.41, 5.74) is -0.229. The van der Waals surface area contributed by atoms with Gasteiger partial charge < -0.3 is 10.8 Å². The molecule has 0 bridgehead atoms. The SMILES string of the molecule is CCCc1cc2c(=O)n(N)c(=S)[nH]c2s1. The Kier molecular flexibility index (Phi) is 2.62. The topological polar surface area (TPSA) is 63.8 Å². The lowest BCUT2D eigenvalue weighted by molar-refractivity contribution is 0.894.